The molecule has 0 aromatic heterocycles. The number of ketones is 2. The Kier molecular flexibility index (Phi) is 4.66. The van der Waals surface area contributed by atoms with E-state index >= 15 is 0 Å². The van der Waals surface area contributed by atoms with Crippen molar-refractivity contribution in [2.45, 2.75) is 6.42 Å². The second-order valence-electron chi connectivity index (χ2n) is 3.37. The zero-order valence-electron chi connectivity index (χ0n) is 9.73. The second kappa shape index (κ2) is 6.00. The summed E-state index contributed by atoms with van der Waals surface area (Å²) in [5, 5.41) is 8.55. The number of carbonyl (C=O) groups is 2. The molecule has 0 bridgehead atoms. The van der Waals surface area contributed by atoms with Gasteiger partial charge in [-0.15, -0.1) is 0 Å². The number of rotatable bonds is 6. The number of hydrogen-bond acceptors (Lipinski definition) is 5. The summed E-state index contributed by atoms with van der Waals surface area (Å²) < 4.78 is 10.1. The van der Waals surface area contributed by atoms with Crippen molar-refractivity contribution >= 4 is 11.6 Å². The maximum Gasteiger partial charge on any atom is 0.223 e. The van der Waals surface area contributed by atoms with Crippen LogP contribution in [-0.4, -0.2) is 37.5 Å². The normalized spacial score (nSPS) is 9.82. The van der Waals surface area contributed by atoms with Gasteiger partial charge in [-0.2, -0.15) is 0 Å². The van der Waals surface area contributed by atoms with Crippen LogP contribution >= 0.6 is 0 Å². The fourth-order valence-corrected chi connectivity index (χ4v) is 1.36. The van der Waals surface area contributed by atoms with Crippen molar-refractivity contribution in [2.24, 2.45) is 0 Å². The summed E-state index contributed by atoms with van der Waals surface area (Å²) in [7, 11) is 3.00. The smallest absolute Gasteiger partial charge is 0.223 e. The number of benzene rings is 1. The van der Waals surface area contributed by atoms with Crippen molar-refractivity contribution in [2.75, 3.05) is 20.8 Å². The first-order chi connectivity index (χ1) is 8.12. The predicted octanol–water partition coefficient (Wildman–Crippen LogP) is 0.377. The molecule has 0 saturated carbocycles. The zero-order valence-corrected chi connectivity index (χ0v) is 9.73. The first kappa shape index (κ1) is 13.2. The molecule has 0 aliphatic rings. The number of hydrogen-bond donors (Lipinski definition) is 1. The van der Waals surface area contributed by atoms with Gasteiger partial charge in [-0.1, -0.05) is 6.07 Å². The van der Waals surface area contributed by atoms with Gasteiger partial charge in [0.05, 0.1) is 14.2 Å². The average molecular weight is 238 g/mol. The minimum absolute atomic E-state index is 0.0558. The van der Waals surface area contributed by atoms with E-state index in [0.29, 0.717) is 17.1 Å². The molecular weight excluding hydrogens is 224 g/mol. The summed E-state index contributed by atoms with van der Waals surface area (Å²) in [6, 6.07) is 4.95. The lowest BCUT2D eigenvalue weighted by Crippen LogP contribution is -2.19. The van der Waals surface area contributed by atoms with E-state index < -0.39 is 18.2 Å². The summed E-state index contributed by atoms with van der Waals surface area (Å²) in [6.45, 7) is -0.758. The van der Waals surface area contributed by atoms with E-state index in [1.807, 2.05) is 0 Å². The highest BCUT2D eigenvalue weighted by Crippen LogP contribution is 2.27. The number of aliphatic hydroxyl groups excluding tert-OH is 1. The van der Waals surface area contributed by atoms with Crippen LogP contribution < -0.4 is 9.47 Å². The van der Waals surface area contributed by atoms with E-state index in [1.54, 1.807) is 18.2 Å². The molecule has 0 unspecified atom stereocenters. The lowest BCUT2D eigenvalue weighted by molar-refractivity contribution is -0.137. The highest BCUT2D eigenvalue weighted by atomic mass is 16.5. The summed E-state index contributed by atoms with van der Waals surface area (Å²) in [5.41, 5.74) is 0.634. The van der Waals surface area contributed by atoms with Crippen LogP contribution in [0.1, 0.15) is 5.56 Å². The van der Waals surface area contributed by atoms with Crippen molar-refractivity contribution < 1.29 is 24.2 Å². The van der Waals surface area contributed by atoms with Crippen molar-refractivity contribution in [3.63, 3.8) is 0 Å². The van der Waals surface area contributed by atoms with E-state index in [1.165, 1.54) is 14.2 Å². The fourth-order valence-electron chi connectivity index (χ4n) is 1.36. The van der Waals surface area contributed by atoms with Crippen LogP contribution in [-0.2, 0) is 16.0 Å². The van der Waals surface area contributed by atoms with Gasteiger partial charge in [0.25, 0.3) is 0 Å². The third kappa shape index (κ3) is 3.29. The summed E-state index contributed by atoms with van der Waals surface area (Å²) in [6.07, 6.45) is -0.0558. The highest BCUT2D eigenvalue weighted by Gasteiger charge is 2.14. The largest absolute Gasteiger partial charge is 0.493 e. The second-order valence-corrected chi connectivity index (χ2v) is 3.37. The molecule has 0 aliphatic heterocycles. The number of ether oxygens (including phenoxy) is 2. The van der Waals surface area contributed by atoms with Crippen molar-refractivity contribution in [1.29, 1.82) is 0 Å². The van der Waals surface area contributed by atoms with Gasteiger partial charge in [-0.3, -0.25) is 9.59 Å². The molecule has 1 rings (SSSR count). The van der Waals surface area contributed by atoms with E-state index in [0.717, 1.165) is 0 Å². The van der Waals surface area contributed by atoms with Gasteiger partial charge in [-0.05, 0) is 17.7 Å². The van der Waals surface area contributed by atoms with Gasteiger partial charge in [0.1, 0.15) is 6.61 Å². The van der Waals surface area contributed by atoms with Crippen LogP contribution in [0.3, 0.4) is 0 Å². The van der Waals surface area contributed by atoms with Crippen LogP contribution in [0, 0.1) is 0 Å². The molecule has 0 spiro atoms. The molecule has 0 fully saturated rings. The summed E-state index contributed by atoms with van der Waals surface area (Å²) in [4.78, 5) is 22.3. The minimum atomic E-state index is -0.792. The standard InChI is InChI=1S/C12H14O5/c1-16-11-4-3-8(6-12(11)17-2)5-9(14)10(15)7-13/h3-4,6,13H,5,7H2,1-2H3. The molecular formula is C12H14O5. The van der Waals surface area contributed by atoms with E-state index in [4.69, 9.17) is 14.6 Å². The Morgan fingerprint density at radius 3 is 2.29 bits per heavy atom. The minimum Gasteiger partial charge on any atom is -0.493 e. The Morgan fingerprint density at radius 2 is 1.76 bits per heavy atom. The lowest BCUT2D eigenvalue weighted by atomic mass is 10.1. The SMILES string of the molecule is COc1ccc(CC(=O)C(=O)CO)cc1OC. The Morgan fingerprint density at radius 1 is 1.12 bits per heavy atom. The highest BCUT2D eigenvalue weighted by molar-refractivity contribution is 6.38. The number of aliphatic hydroxyl groups is 1. The molecule has 0 heterocycles. The van der Waals surface area contributed by atoms with Crippen LogP contribution in [0.4, 0.5) is 0 Å². The average Bonchev–Trinajstić information content (AvgIpc) is 2.37. The number of carbonyl (C=O) groups excluding carboxylic acids is 2. The first-order valence-corrected chi connectivity index (χ1v) is 5.00. The molecule has 0 saturated heterocycles. The first-order valence-electron chi connectivity index (χ1n) is 5.00. The monoisotopic (exact) mass is 238 g/mol. The Balaban J connectivity index is 2.86. The van der Waals surface area contributed by atoms with Crippen LogP contribution in [0.2, 0.25) is 0 Å². The predicted molar refractivity (Wildman–Crippen MR) is 60.3 cm³/mol. The molecule has 1 aromatic carbocycles. The summed E-state index contributed by atoms with van der Waals surface area (Å²) >= 11 is 0. The van der Waals surface area contributed by atoms with E-state index in [2.05, 4.69) is 0 Å². The molecule has 5 nitrogen and oxygen atoms in total. The van der Waals surface area contributed by atoms with Gasteiger partial charge >= 0.3 is 0 Å². The Hall–Kier alpha value is -1.88. The molecule has 17 heavy (non-hydrogen) atoms. The molecule has 0 radical (unpaired) electrons. The van der Waals surface area contributed by atoms with Gasteiger partial charge in [0, 0.05) is 6.42 Å². The third-order valence-electron chi connectivity index (χ3n) is 2.27. The maximum absolute atomic E-state index is 11.3. The van der Waals surface area contributed by atoms with Crippen LogP contribution in [0.25, 0.3) is 0 Å². The summed E-state index contributed by atoms with van der Waals surface area (Å²) in [5.74, 6) is -0.370. The van der Waals surface area contributed by atoms with Gasteiger partial charge < -0.3 is 14.6 Å². The fraction of sp³-hybridized carbons (Fsp3) is 0.333. The third-order valence-corrected chi connectivity index (χ3v) is 2.27. The molecule has 1 aromatic rings. The van der Waals surface area contributed by atoms with Gasteiger partial charge in [-0.25, -0.2) is 0 Å². The van der Waals surface area contributed by atoms with Crippen molar-refractivity contribution in [1.82, 2.24) is 0 Å². The van der Waals surface area contributed by atoms with Crippen LogP contribution in [0.15, 0.2) is 18.2 Å². The van der Waals surface area contributed by atoms with Gasteiger partial charge in [0.2, 0.25) is 11.6 Å². The molecule has 0 atom stereocenters. The number of Topliss-reactive ketones (excluding diaryl/α,β-unsaturated/α-hetero) is 2. The quantitative estimate of drug-likeness (QED) is 0.725. The van der Waals surface area contributed by atoms with Crippen molar-refractivity contribution in [3.8, 4) is 11.5 Å². The Labute approximate surface area is 99.0 Å². The van der Waals surface area contributed by atoms with E-state index in [9.17, 15) is 9.59 Å². The van der Waals surface area contributed by atoms with Gasteiger partial charge in [0.15, 0.2) is 11.5 Å². The maximum atomic E-state index is 11.3. The molecule has 1 N–H and O–H groups in total. The Bertz CT molecular complexity index is 425. The topological polar surface area (TPSA) is 72.8 Å². The zero-order chi connectivity index (χ0) is 12.8. The van der Waals surface area contributed by atoms with Crippen molar-refractivity contribution in [3.05, 3.63) is 23.8 Å². The molecule has 92 valence electrons. The lowest BCUT2D eigenvalue weighted by Gasteiger charge is -2.08. The number of methoxy groups -OCH3 is 2. The molecule has 0 aliphatic carbocycles. The molecule has 0 amide bonds. The van der Waals surface area contributed by atoms with Crippen LogP contribution in [0.5, 0.6) is 11.5 Å². The molecule has 5 heteroatoms. The van der Waals surface area contributed by atoms with E-state index in [-0.39, 0.29) is 6.42 Å².